The van der Waals surface area contributed by atoms with E-state index in [1.807, 2.05) is 22.7 Å². The Bertz CT molecular complexity index is 394. The van der Waals surface area contributed by atoms with Crippen molar-refractivity contribution in [1.29, 1.82) is 0 Å². The van der Waals surface area contributed by atoms with Gasteiger partial charge in [-0.1, -0.05) is 6.07 Å². The SMILES string of the molecule is Brc1cnn2c(Br)cccc12. The molecule has 0 N–H and O–H groups in total. The largest absolute Gasteiger partial charge is 0.226 e. The van der Waals surface area contributed by atoms with Gasteiger partial charge < -0.3 is 0 Å². The van der Waals surface area contributed by atoms with Gasteiger partial charge in [-0.3, -0.25) is 0 Å². The number of nitrogens with zero attached hydrogens (tertiary/aromatic N) is 2. The zero-order valence-electron chi connectivity index (χ0n) is 5.46. The topological polar surface area (TPSA) is 17.3 Å². The van der Waals surface area contributed by atoms with Crippen LogP contribution in [0.4, 0.5) is 0 Å². The van der Waals surface area contributed by atoms with Crippen LogP contribution in [0.25, 0.3) is 5.52 Å². The van der Waals surface area contributed by atoms with Crippen LogP contribution in [0.1, 0.15) is 0 Å². The Morgan fingerprint density at radius 2 is 2.09 bits per heavy atom. The van der Waals surface area contributed by atoms with Gasteiger partial charge in [0.1, 0.15) is 4.60 Å². The van der Waals surface area contributed by atoms with Gasteiger partial charge in [0.15, 0.2) is 0 Å². The molecule has 56 valence electrons. The number of fused-ring (bicyclic) bond motifs is 1. The summed E-state index contributed by atoms with van der Waals surface area (Å²) in [7, 11) is 0. The molecule has 0 amide bonds. The zero-order valence-corrected chi connectivity index (χ0v) is 8.63. The van der Waals surface area contributed by atoms with E-state index in [1.54, 1.807) is 6.20 Å². The van der Waals surface area contributed by atoms with Crippen molar-refractivity contribution < 1.29 is 0 Å². The molecule has 0 radical (unpaired) electrons. The predicted molar refractivity (Wildman–Crippen MR) is 50.6 cm³/mol. The number of hydrogen-bond donors (Lipinski definition) is 0. The second-order valence-electron chi connectivity index (χ2n) is 2.14. The molecule has 0 atom stereocenters. The summed E-state index contributed by atoms with van der Waals surface area (Å²) in [6.45, 7) is 0. The number of rotatable bonds is 0. The Labute approximate surface area is 80.5 Å². The van der Waals surface area contributed by atoms with E-state index in [1.165, 1.54) is 0 Å². The van der Waals surface area contributed by atoms with E-state index in [0.717, 1.165) is 14.6 Å². The highest BCUT2D eigenvalue weighted by atomic mass is 79.9. The van der Waals surface area contributed by atoms with Crippen molar-refractivity contribution in [2.24, 2.45) is 0 Å². The molecule has 2 nitrogen and oxygen atoms in total. The van der Waals surface area contributed by atoms with Gasteiger partial charge >= 0.3 is 0 Å². The molecule has 0 spiro atoms. The minimum absolute atomic E-state index is 0.959. The van der Waals surface area contributed by atoms with Crippen molar-refractivity contribution in [1.82, 2.24) is 9.61 Å². The lowest BCUT2D eigenvalue weighted by atomic mass is 10.4. The highest BCUT2D eigenvalue weighted by Crippen LogP contribution is 2.20. The molecule has 0 aliphatic carbocycles. The van der Waals surface area contributed by atoms with Crippen LogP contribution in [0.15, 0.2) is 33.5 Å². The number of pyridine rings is 1. The van der Waals surface area contributed by atoms with E-state index < -0.39 is 0 Å². The first-order valence-electron chi connectivity index (χ1n) is 3.07. The molecule has 11 heavy (non-hydrogen) atoms. The molecular weight excluding hydrogens is 272 g/mol. The van der Waals surface area contributed by atoms with Gasteiger partial charge in [-0.2, -0.15) is 5.10 Å². The molecular formula is C7H4Br2N2. The summed E-state index contributed by atoms with van der Waals surface area (Å²) in [6.07, 6.45) is 1.78. The van der Waals surface area contributed by atoms with E-state index in [9.17, 15) is 0 Å². The van der Waals surface area contributed by atoms with Crippen LogP contribution < -0.4 is 0 Å². The Morgan fingerprint density at radius 3 is 2.82 bits per heavy atom. The molecule has 4 heteroatoms. The summed E-state index contributed by atoms with van der Waals surface area (Å²) in [6, 6.07) is 5.93. The van der Waals surface area contributed by atoms with E-state index >= 15 is 0 Å². The zero-order chi connectivity index (χ0) is 7.84. The van der Waals surface area contributed by atoms with Crippen LogP contribution in [0.2, 0.25) is 0 Å². The molecule has 0 aliphatic heterocycles. The smallest absolute Gasteiger partial charge is 0.108 e. The molecule has 0 aromatic carbocycles. The maximum Gasteiger partial charge on any atom is 0.108 e. The summed E-state index contributed by atoms with van der Waals surface area (Å²) in [5.41, 5.74) is 1.07. The third-order valence-electron chi connectivity index (χ3n) is 1.45. The van der Waals surface area contributed by atoms with Crippen molar-refractivity contribution in [3.8, 4) is 0 Å². The Morgan fingerprint density at radius 1 is 1.27 bits per heavy atom. The lowest BCUT2D eigenvalue weighted by Gasteiger charge is -1.94. The highest BCUT2D eigenvalue weighted by Gasteiger charge is 2.00. The average Bonchev–Trinajstić information content (AvgIpc) is 2.35. The van der Waals surface area contributed by atoms with Crippen molar-refractivity contribution in [2.45, 2.75) is 0 Å². The lowest BCUT2D eigenvalue weighted by molar-refractivity contribution is 0.935. The summed E-state index contributed by atoms with van der Waals surface area (Å²) in [4.78, 5) is 0. The molecule has 2 heterocycles. The average molecular weight is 276 g/mol. The number of hydrogen-bond acceptors (Lipinski definition) is 1. The Balaban J connectivity index is 2.94. The minimum Gasteiger partial charge on any atom is -0.226 e. The molecule has 0 saturated heterocycles. The normalized spacial score (nSPS) is 10.7. The maximum absolute atomic E-state index is 4.14. The summed E-state index contributed by atoms with van der Waals surface area (Å²) in [5, 5.41) is 4.14. The summed E-state index contributed by atoms with van der Waals surface area (Å²) >= 11 is 6.79. The molecule has 0 aliphatic rings. The van der Waals surface area contributed by atoms with Gasteiger partial charge in [0, 0.05) is 0 Å². The fourth-order valence-electron chi connectivity index (χ4n) is 0.948. The van der Waals surface area contributed by atoms with Gasteiger partial charge in [-0.15, -0.1) is 0 Å². The molecule has 0 fully saturated rings. The van der Waals surface area contributed by atoms with E-state index in [0.29, 0.717) is 0 Å². The van der Waals surface area contributed by atoms with Crippen molar-refractivity contribution in [3.63, 3.8) is 0 Å². The van der Waals surface area contributed by atoms with E-state index in [2.05, 4.69) is 37.0 Å². The van der Waals surface area contributed by atoms with Gasteiger partial charge in [0.05, 0.1) is 16.2 Å². The monoisotopic (exact) mass is 274 g/mol. The second kappa shape index (κ2) is 2.60. The fraction of sp³-hybridized carbons (Fsp3) is 0. The first-order chi connectivity index (χ1) is 5.29. The van der Waals surface area contributed by atoms with Crippen LogP contribution in [-0.2, 0) is 0 Å². The van der Waals surface area contributed by atoms with Gasteiger partial charge in [0.2, 0.25) is 0 Å². The Kier molecular flexibility index (Phi) is 1.73. The third kappa shape index (κ3) is 1.10. The van der Waals surface area contributed by atoms with E-state index in [4.69, 9.17) is 0 Å². The van der Waals surface area contributed by atoms with Crippen LogP contribution in [0.3, 0.4) is 0 Å². The first-order valence-corrected chi connectivity index (χ1v) is 4.65. The first kappa shape index (κ1) is 7.31. The highest BCUT2D eigenvalue weighted by molar-refractivity contribution is 9.11. The third-order valence-corrected chi connectivity index (χ3v) is 2.66. The standard InChI is InChI=1S/C7H4Br2N2/c8-5-4-10-11-6(5)2-1-3-7(11)9/h1-4H. The molecule has 2 aromatic rings. The molecule has 0 unspecified atom stereocenters. The van der Waals surface area contributed by atoms with Crippen LogP contribution in [0.5, 0.6) is 0 Å². The van der Waals surface area contributed by atoms with Crippen LogP contribution in [-0.4, -0.2) is 9.61 Å². The van der Waals surface area contributed by atoms with Crippen molar-refractivity contribution in [2.75, 3.05) is 0 Å². The summed E-state index contributed by atoms with van der Waals surface area (Å²) < 4.78 is 3.80. The van der Waals surface area contributed by atoms with Gasteiger partial charge in [0.25, 0.3) is 0 Å². The molecule has 2 rings (SSSR count). The number of halogens is 2. The predicted octanol–water partition coefficient (Wildman–Crippen LogP) is 2.86. The van der Waals surface area contributed by atoms with Gasteiger partial charge in [-0.05, 0) is 44.0 Å². The molecule has 2 aromatic heterocycles. The fourth-order valence-corrected chi connectivity index (χ4v) is 1.77. The van der Waals surface area contributed by atoms with Crippen LogP contribution in [0, 0.1) is 0 Å². The maximum atomic E-state index is 4.14. The Hall–Kier alpha value is -0.350. The minimum atomic E-state index is 0.959. The van der Waals surface area contributed by atoms with Crippen LogP contribution >= 0.6 is 31.9 Å². The summed E-state index contributed by atoms with van der Waals surface area (Å²) in [5.74, 6) is 0. The quantitative estimate of drug-likeness (QED) is 0.676. The number of aromatic nitrogens is 2. The van der Waals surface area contributed by atoms with E-state index in [-0.39, 0.29) is 0 Å². The van der Waals surface area contributed by atoms with Crippen molar-refractivity contribution >= 4 is 37.4 Å². The van der Waals surface area contributed by atoms with Gasteiger partial charge in [-0.25, -0.2) is 4.52 Å². The van der Waals surface area contributed by atoms with Crippen molar-refractivity contribution in [3.05, 3.63) is 33.5 Å². The molecule has 0 saturated carbocycles. The second-order valence-corrected chi connectivity index (χ2v) is 3.80. The molecule has 0 bridgehead atoms. The lowest BCUT2D eigenvalue weighted by Crippen LogP contribution is -1.86.